The Labute approximate surface area is 266 Å². The summed E-state index contributed by atoms with van der Waals surface area (Å²) in [5.74, 6) is -0.993. The molecule has 2 saturated carbocycles. The molecule has 0 bridgehead atoms. The Morgan fingerprint density at radius 1 is 0.867 bits per heavy atom. The van der Waals surface area contributed by atoms with E-state index in [2.05, 4.69) is 6.92 Å². The van der Waals surface area contributed by atoms with Crippen molar-refractivity contribution in [3.05, 3.63) is 0 Å². The highest BCUT2D eigenvalue weighted by atomic mass is 16.7. The van der Waals surface area contributed by atoms with E-state index in [4.69, 9.17) is 36.4 Å². The van der Waals surface area contributed by atoms with Crippen LogP contribution in [0.2, 0.25) is 0 Å². The number of ether oxygens (including phenoxy) is 5. The predicted octanol–water partition coefficient (Wildman–Crippen LogP) is 0.930. The van der Waals surface area contributed by atoms with Crippen LogP contribution in [0.5, 0.6) is 0 Å². The second-order valence-electron chi connectivity index (χ2n) is 13.3. The van der Waals surface area contributed by atoms with Gasteiger partial charge in [0.15, 0.2) is 18.7 Å². The maximum absolute atomic E-state index is 12.3. The van der Waals surface area contributed by atoms with Gasteiger partial charge in [0.2, 0.25) is 0 Å². The van der Waals surface area contributed by atoms with E-state index in [-0.39, 0.29) is 18.3 Å². The van der Waals surface area contributed by atoms with E-state index in [1.165, 1.54) is 0 Å². The number of aliphatic hydroxyl groups excluding tert-OH is 5. The van der Waals surface area contributed by atoms with Crippen molar-refractivity contribution in [2.24, 2.45) is 11.8 Å². The molecule has 2 aliphatic heterocycles. The molecule has 0 amide bonds. The van der Waals surface area contributed by atoms with E-state index in [1.807, 2.05) is 0 Å². The van der Waals surface area contributed by atoms with Crippen LogP contribution in [0.15, 0.2) is 0 Å². The first kappa shape index (κ1) is 36.9. The number of carboxylic acids is 1. The zero-order valence-corrected chi connectivity index (χ0v) is 26.5. The highest BCUT2D eigenvalue weighted by molar-refractivity contribution is 5.98. The highest BCUT2D eigenvalue weighted by Crippen LogP contribution is 2.38. The van der Waals surface area contributed by atoms with Gasteiger partial charge < -0.3 is 59.0 Å². The van der Waals surface area contributed by atoms with Crippen molar-refractivity contribution in [1.29, 1.82) is 0 Å². The summed E-state index contributed by atoms with van der Waals surface area (Å²) in [6, 6.07) is 0. The van der Waals surface area contributed by atoms with Crippen molar-refractivity contribution in [2.75, 3.05) is 6.61 Å². The molecule has 13 nitrogen and oxygen atoms in total. The van der Waals surface area contributed by atoms with Gasteiger partial charge in [0.1, 0.15) is 42.7 Å². The van der Waals surface area contributed by atoms with Crippen molar-refractivity contribution in [1.82, 2.24) is 0 Å². The quantitative estimate of drug-likeness (QED) is 0.146. The number of aliphatic hydroxyl groups is 5. The van der Waals surface area contributed by atoms with Gasteiger partial charge in [-0.2, -0.15) is 0 Å². The van der Waals surface area contributed by atoms with Crippen molar-refractivity contribution >= 4 is 14.0 Å². The van der Waals surface area contributed by atoms with Gasteiger partial charge in [-0.1, -0.05) is 58.3 Å². The third kappa shape index (κ3) is 9.17. The van der Waals surface area contributed by atoms with Crippen LogP contribution >= 0.6 is 0 Å². The number of hydrogen-bond acceptors (Lipinski definition) is 12. The molecule has 0 aromatic heterocycles. The molecular formula is C31H53BO13. The summed E-state index contributed by atoms with van der Waals surface area (Å²) < 4.78 is 35.8. The molecule has 2 radical (unpaired) electrons. The minimum atomic E-state index is -1.50. The monoisotopic (exact) mass is 644 g/mol. The summed E-state index contributed by atoms with van der Waals surface area (Å²) in [4.78, 5) is 12.3. The molecule has 6 N–H and O–H groups in total. The topological polar surface area (TPSA) is 194 Å². The van der Waals surface area contributed by atoms with Crippen LogP contribution < -0.4 is 0 Å². The largest absolute Gasteiger partial charge is 0.479 e. The summed E-state index contributed by atoms with van der Waals surface area (Å²) >= 11 is 0. The Kier molecular flexibility index (Phi) is 14.3. The summed E-state index contributed by atoms with van der Waals surface area (Å²) in [6.07, 6.45) is -5.14. The van der Waals surface area contributed by atoms with Crippen molar-refractivity contribution in [2.45, 2.75) is 171 Å². The fourth-order valence-electron chi connectivity index (χ4n) is 7.37. The van der Waals surface area contributed by atoms with Crippen LogP contribution in [-0.4, -0.2) is 131 Å². The van der Waals surface area contributed by atoms with Gasteiger partial charge in [0, 0.05) is 0 Å². The molecular weight excluding hydrogens is 591 g/mol. The summed E-state index contributed by atoms with van der Waals surface area (Å²) in [7, 11) is 5.72. The van der Waals surface area contributed by atoms with Crippen LogP contribution in [0.25, 0.3) is 0 Å². The summed E-state index contributed by atoms with van der Waals surface area (Å²) in [5.41, 5.74) is 0. The number of carbonyl (C=O) groups is 1. The van der Waals surface area contributed by atoms with Crippen molar-refractivity contribution < 1.29 is 63.8 Å². The zero-order valence-electron chi connectivity index (χ0n) is 26.5. The maximum Gasteiger partial charge on any atom is 0.332 e. The number of unbranched alkanes of at least 4 members (excludes halogenated alkanes) is 1. The zero-order chi connectivity index (χ0) is 32.7. The first-order valence-corrected chi connectivity index (χ1v) is 16.8. The van der Waals surface area contributed by atoms with Crippen LogP contribution in [0.1, 0.15) is 90.9 Å². The van der Waals surface area contributed by atoms with Gasteiger partial charge in [-0.15, -0.1) is 0 Å². The average molecular weight is 645 g/mol. The van der Waals surface area contributed by atoms with Gasteiger partial charge in [-0.3, -0.25) is 0 Å². The first-order valence-electron chi connectivity index (χ1n) is 16.8. The average Bonchev–Trinajstić information content (AvgIpc) is 3.03. The SMILES string of the molecule is [B]OC1C(O[C@@H](CC2CCCCC2)C(=O)O)[C@@H](O)C(CO)O[C@H]1OC1CCCC(CCCC)C1O[C@@H]1OC(C)C(O)C(O)C1O. The smallest absolute Gasteiger partial charge is 0.332 e. The Hall–Kier alpha value is -0.905. The molecule has 4 rings (SSSR count). The second kappa shape index (κ2) is 17.5. The Morgan fingerprint density at radius 3 is 2.24 bits per heavy atom. The van der Waals surface area contributed by atoms with Crippen molar-refractivity contribution in [3.8, 4) is 0 Å². The Bertz CT molecular complexity index is 894. The first-order chi connectivity index (χ1) is 21.6. The van der Waals surface area contributed by atoms with Gasteiger partial charge in [0.05, 0.1) is 24.9 Å². The lowest BCUT2D eigenvalue weighted by Crippen LogP contribution is -2.63. The van der Waals surface area contributed by atoms with E-state index >= 15 is 0 Å². The molecule has 2 saturated heterocycles. The molecule has 0 spiro atoms. The van der Waals surface area contributed by atoms with E-state index in [0.29, 0.717) is 6.42 Å². The van der Waals surface area contributed by atoms with Gasteiger partial charge in [0.25, 0.3) is 8.05 Å². The predicted molar refractivity (Wildman–Crippen MR) is 159 cm³/mol. The number of hydrogen-bond donors (Lipinski definition) is 6. The van der Waals surface area contributed by atoms with E-state index in [1.54, 1.807) is 6.92 Å². The molecule has 14 atom stereocenters. The molecule has 2 aliphatic carbocycles. The standard InChI is InChI=1S/C31H53BO13/c1-3-4-11-18-12-8-13-19(26(18)44-30-25(37)24(36)22(34)16(2)40-30)42-31-28(45-32)27(23(35)21(15-33)43-31)41-20(29(38)39)14-17-9-6-5-7-10-17/h16-28,30-31,33-37H,3-15H2,1-2H3,(H,38,39)/t16?,18?,19?,20-,21?,22?,23-,24?,25?,26?,27?,28?,30-,31+/m0/s1. The van der Waals surface area contributed by atoms with Crippen LogP contribution in [0.4, 0.5) is 0 Å². The van der Waals surface area contributed by atoms with Gasteiger partial charge in [-0.05, 0) is 44.4 Å². The third-order valence-corrected chi connectivity index (χ3v) is 10.1. The van der Waals surface area contributed by atoms with E-state index < -0.39 is 92.3 Å². The number of aliphatic carboxylic acids is 1. The molecule has 10 unspecified atom stereocenters. The molecule has 258 valence electrons. The highest BCUT2D eigenvalue weighted by Gasteiger charge is 2.51. The molecule has 0 aromatic rings. The van der Waals surface area contributed by atoms with Crippen LogP contribution in [0.3, 0.4) is 0 Å². The van der Waals surface area contributed by atoms with Gasteiger partial charge in [-0.25, -0.2) is 4.79 Å². The molecule has 4 aliphatic rings. The van der Waals surface area contributed by atoms with Crippen molar-refractivity contribution in [3.63, 3.8) is 0 Å². The normalized spacial score (nSPS) is 42.3. The minimum absolute atomic E-state index is 0.00204. The lowest BCUT2D eigenvalue weighted by molar-refractivity contribution is -0.346. The van der Waals surface area contributed by atoms with Crippen LogP contribution in [-0.2, 0) is 33.1 Å². The number of carboxylic acid groups (broad SMARTS) is 1. The molecule has 45 heavy (non-hydrogen) atoms. The Morgan fingerprint density at radius 2 is 1.60 bits per heavy atom. The molecule has 14 heteroatoms. The van der Waals surface area contributed by atoms with E-state index in [9.17, 15) is 35.4 Å². The molecule has 4 fully saturated rings. The fraction of sp³-hybridized carbons (Fsp3) is 0.968. The van der Waals surface area contributed by atoms with Crippen LogP contribution in [0, 0.1) is 11.8 Å². The second-order valence-corrected chi connectivity index (χ2v) is 13.3. The van der Waals surface area contributed by atoms with E-state index in [0.717, 1.165) is 64.2 Å². The molecule has 2 heterocycles. The Balaban J connectivity index is 1.54. The number of rotatable bonds is 14. The van der Waals surface area contributed by atoms with Gasteiger partial charge >= 0.3 is 5.97 Å². The maximum atomic E-state index is 12.3. The summed E-state index contributed by atoms with van der Waals surface area (Å²) in [6.45, 7) is 3.07. The lowest BCUT2D eigenvalue weighted by atomic mass is 9.81. The summed E-state index contributed by atoms with van der Waals surface area (Å²) in [5, 5.41) is 62.5. The molecule has 0 aromatic carbocycles. The third-order valence-electron chi connectivity index (χ3n) is 10.1. The minimum Gasteiger partial charge on any atom is -0.479 e. The lowest BCUT2D eigenvalue weighted by Gasteiger charge is -2.48. The fourth-order valence-corrected chi connectivity index (χ4v) is 7.37.